The fourth-order valence-electron chi connectivity index (χ4n) is 5.72. The molecular weight excluding hydrogens is 508 g/mol. The Morgan fingerprint density at radius 1 is 1.08 bits per heavy atom. The van der Waals surface area contributed by atoms with Gasteiger partial charge in [0.1, 0.15) is 18.3 Å². The summed E-state index contributed by atoms with van der Waals surface area (Å²) in [6.07, 6.45) is 3.22. The second-order valence-corrected chi connectivity index (χ2v) is 11.1. The van der Waals surface area contributed by atoms with Crippen LogP contribution in [0.2, 0.25) is 5.02 Å². The number of nitrogens with one attached hydrogen (secondary N) is 1. The van der Waals surface area contributed by atoms with Crippen molar-refractivity contribution in [3.8, 4) is 17.3 Å². The van der Waals surface area contributed by atoms with E-state index in [-0.39, 0.29) is 24.9 Å². The highest BCUT2D eigenvalue weighted by Crippen LogP contribution is 2.35. The fourth-order valence-corrected chi connectivity index (χ4v) is 5.98. The first-order valence-corrected chi connectivity index (χ1v) is 13.5. The third-order valence-corrected chi connectivity index (χ3v) is 8.21. The molecule has 4 aromatic rings. The Morgan fingerprint density at radius 3 is 2.74 bits per heavy atom. The summed E-state index contributed by atoms with van der Waals surface area (Å²) in [6.45, 7) is 3.33. The molecule has 0 amide bonds. The van der Waals surface area contributed by atoms with Crippen LogP contribution in [-0.2, 0) is 29.1 Å². The van der Waals surface area contributed by atoms with Crippen LogP contribution in [0.4, 0.5) is 5.69 Å². The number of imidazole rings is 1. The van der Waals surface area contributed by atoms with Gasteiger partial charge in [0.05, 0.1) is 41.7 Å². The third-order valence-electron chi connectivity index (χ3n) is 7.92. The van der Waals surface area contributed by atoms with Gasteiger partial charge in [0.2, 0.25) is 0 Å². The zero-order valence-corrected chi connectivity index (χ0v) is 21.3. The minimum absolute atomic E-state index is 0.248. The molecule has 0 spiro atoms. The Hall–Kier alpha value is -3.18. The molecule has 0 radical (unpaired) electrons. The number of halogens is 1. The number of rotatable bonds is 6. The van der Waals surface area contributed by atoms with Crippen LogP contribution in [0.25, 0.3) is 22.4 Å². The lowest BCUT2D eigenvalue weighted by Crippen LogP contribution is -2.34. The van der Waals surface area contributed by atoms with E-state index in [1.54, 1.807) is 0 Å². The Kier molecular flexibility index (Phi) is 5.20. The second-order valence-electron chi connectivity index (χ2n) is 10.7. The van der Waals surface area contributed by atoms with E-state index in [4.69, 9.17) is 35.9 Å². The number of aliphatic hydroxyl groups excluding tert-OH is 1. The van der Waals surface area contributed by atoms with Gasteiger partial charge in [-0.25, -0.2) is 4.98 Å². The molecule has 3 aromatic heterocycles. The van der Waals surface area contributed by atoms with Crippen LogP contribution in [-0.4, -0.2) is 67.5 Å². The SMILES string of the molecule is O[C@@H]1CO[C@H]2C1OC[C@H]2Oc1nc2nc(-c3ccc(N4Cc5cn(CC6CC6)nc5C4)cc3)c(Cl)cc2[nH]1. The monoisotopic (exact) mass is 534 g/mol. The van der Waals surface area contributed by atoms with Crippen LogP contribution in [0.5, 0.6) is 6.01 Å². The Bertz CT molecular complexity index is 1490. The van der Waals surface area contributed by atoms with E-state index in [1.807, 2.05) is 18.2 Å². The summed E-state index contributed by atoms with van der Waals surface area (Å²) in [7, 11) is 0. The highest BCUT2D eigenvalue weighted by atomic mass is 35.5. The van der Waals surface area contributed by atoms with E-state index in [9.17, 15) is 5.11 Å². The number of anilines is 1. The van der Waals surface area contributed by atoms with Crippen molar-refractivity contribution in [2.45, 2.75) is 56.9 Å². The van der Waals surface area contributed by atoms with Gasteiger partial charge in [-0.3, -0.25) is 4.68 Å². The second kappa shape index (κ2) is 8.67. The number of aromatic amines is 1. The van der Waals surface area contributed by atoms with Crippen molar-refractivity contribution >= 4 is 28.5 Å². The molecule has 196 valence electrons. The zero-order chi connectivity index (χ0) is 25.4. The average Bonchev–Trinajstić information content (AvgIpc) is 3.27. The maximum absolute atomic E-state index is 9.95. The number of fused-ring (bicyclic) bond motifs is 3. The molecule has 1 unspecified atom stereocenters. The Labute approximate surface area is 223 Å². The van der Waals surface area contributed by atoms with Crippen molar-refractivity contribution < 1.29 is 19.3 Å². The van der Waals surface area contributed by atoms with Crippen LogP contribution in [0.15, 0.2) is 36.5 Å². The van der Waals surface area contributed by atoms with Crippen molar-refractivity contribution in [2.75, 3.05) is 18.1 Å². The lowest BCUT2D eigenvalue weighted by Gasteiger charge is -2.18. The van der Waals surface area contributed by atoms with E-state index >= 15 is 0 Å². The number of aliphatic hydroxyl groups is 1. The van der Waals surface area contributed by atoms with Gasteiger partial charge in [-0.05, 0) is 37.0 Å². The lowest BCUT2D eigenvalue weighted by molar-refractivity contribution is 0.00706. The summed E-state index contributed by atoms with van der Waals surface area (Å²) in [6, 6.07) is 10.4. The van der Waals surface area contributed by atoms with Crippen LogP contribution in [0.3, 0.4) is 0 Å². The first-order chi connectivity index (χ1) is 18.6. The van der Waals surface area contributed by atoms with E-state index in [0.29, 0.717) is 34.5 Å². The molecule has 1 aromatic carbocycles. The summed E-state index contributed by atoms with van der Waals surface area (Å²) in [4.78, 5) is 14.7. The first kappa shape index (κ1) is 22.8. The molecule has 38 heavy (non-hydrogen) atoms. The number of nitrogens with zero attached hydrogens (tertiary/aromatic N) is 5. The molecule has 2 N–H and O–H groups in total. The summed E-state index contributed by atoms with van der Waals surface area (Å²) in [5.41, 5.74) is 6.41. The number of hydrogen-bond donors (Lipinski definition) is 2. The lowest BCUT2D eigenvalue weighted by atomic mass is 10.1. The number of benzene rings is 1. The number of pyridine rings is 1. The largest absolute Gasteiger partial charge is 0.456 e. The fraction of sp³-hybridized carbons (Fsp3) is 0.444. The highest BCUT2D eigenvalue weighted by Gasteiger charge is 2.48. The average molecular weight is 535 g/mol. The number of hydrogen-bond acceptors (Lipinski definition) is 8. The van der Waals surface area contributed by atoms with E-state index in [1.165, 1.54) is 24.1 Å². The van der Waals surface area contributed by atoms with Crippen molar-refractivity contribution in [1.82, 2.24) is 24.7 Å². The molecule has 2 saturated heterocycles. The predicted molar refractivity (Wildman–Crippen MR) is 139 cm³/mol. The van der Waals surface area contributed by atoms with Crippen molar-refractivity contribution in [1.29, 1.82) is 0 Å². The Morgan fingerprint density at radius 2 is 1.92 bits per heavy atom. The molecule has 3 aliphatic heterocycles. The molecular formula is C27H27ClN6O4. The molecule has 4 aliphatic rings. The van der Waals surface area contributed by atoms with Crippen molar-refractivity contribution in [3.05, 3.63) is 52.8 Å². The maximum atomic E-state index is 9.95. The quantitative estimate of drug-likeness (QED) is 0.388. The van der Waals surface area contributed by atoms with E-state index in [2.05, 4.69) is 37.9 Å². The zero-order valence-electron chi connectivity index (χ0n) is 20.6. The number of H-pyrrole nitrogens is 1. The number of ether oxygens (including phenoxy) is 3. The summed E-state index contributed by atoms with van der Waals surface area (Å²) in [5, 5.41) is 15.3. The molecule has 4 atom stereocenters. The van der Waals surface area contributed by atoms with Gasteiger partial charge in [0.25, 0.3) is 6.01 Å². The molecule has 1 saturated carbocycles. The predicted octanol–water partition coefficient (Wildman–Crippen LogP) is 3.31. The summed E-state index contributed by atoms with van der Waals surface area (Å²) < 4.78 is 19.4. The van der Waals surface area contributed by atoms with Crippen LogP contribution in [0.1, 0.15) is 24.1 Å². The highest BCUT2D eigenvalue weighted by molar-refractivity contribution is 6.33. The van der Waals surface area contributed by atoms with Gasteiger partial charge >= 0.3 is 0 Å². The smallest absolute Gasteiger partial charge is 0.296 e. The van der Waals surface area contributed by atoms with E-state index < -0.39 is 6.10 Å². The molecule has 8 rings (SSSR count). The molecule has 10 nitrogen and oxygen atoms in total. The summed E-state index contributed by atoms with van der Waals surface area (Å²) >= 11 is 6.63. The van der Waals surface area contributed by atoms with Crippen molar-refractivity contribution in [3.63, 3.8) is 0 Å². The Balaban J connectivity index is 0.982. The van der Waals surface area contributed by atoms with Gasteiger partial charge in [0, 0.05) is 36.1 Å². The van der Waals surface area contributed by atoms with Crippen molar-refractivity contribution in [2.24, 2.45) is 5.92 Å². The minimum atomic E-state index is -0.628. The van der Waals surface area contributed by atoms with Gasteiger partial charge < -0.3 is 29.2 Å². The van der Waals surface area contributed by atoms with Gasteiger partial charge in [-0.2, -0.15) is 10.1 Å². The molecule has 0 bridgehead atoms. The minimum Gasteiger partial charge on any atom is -0.456 e. The molecule has 1 aliphatic carbocycles. The maximum Gasteiger partial charge on any atom is 0.296 e. The van der Waals surface area contributed by atoms with Gasteiger partial charge in [0.15, 0.2) is 11.8 Å². The molecule has 11 heteroatoms. The molecule has 6 heterocycles. The normalized spacial score (nSPS) is 26.3. The topological polar surface area (TPSA) is 111 Å². The number of aromatic nitrogens is 5. The van der Waals surface area contributed by atoms with Crippen LogP contribution in [0, 0.1) is 5.92 Å². The summed E-state index contributed by atoms with van der Waals surface area (Å²) in [5.74, 6) is 0.824. The van der Waals surface area contributed by atoms with Gasteiger partial charge in [-0.1, -0.05) is 23.7 Å². The standard InChI is InChI=1S/C27H27ClN6O4/c28-18-7-19-26(31-27(29-19)38-22-13-37-24-21(35)12-36-25(22)24)30-23(18)15-3-5-17(6-4-15)33-9-16-10-34(8-14-1-2-14)32-20(16)11-33/h3-7,10,14,21-22,24-25,35H,1-2,8-9,11-13H2,(H,29,30,31)/t21-,22-,24?,25-/m1/s1. The third kappa shape index (κ3) is 3.94. The van der Waals surface area contributed by atoms with Gasteiger partial charge in [-0.15, -0.1) is 0 Å². The molecule has 3 fully saturated rings. The van der Waals surface area contributed by atoms with E-state index in [0.717, 1.165) is 36.8 Å². The van der Waals surface area contributed by atoms with Crippen LogP contribution >= 0.6 is 11.6 Å². The van der Waals surface area contributed by atoms with Crippen LogP contribution < -0.4 is 9.64 Å². The first-order valence-electron chi connectivity index (χ1n) is 13.1.